The van der Waals surface area contributed by atoms with Crippen molar-refractivity contribution in [2.24, 2.45) is 0 Å². The van der Waals surface area contributed by atoms with Crippen molar-refractivity contribution in [2.45, 2.75) is 44.9 Å². The summed E-state index contributed by atoms with van der Waals surface area (Å²) in [5.74, 6) is 1.99. The Morgan fingerprint density at radius 2 is 2.21 bits per heavy atom. The molecule has 1 aromatic rings. The van der Waals surface area contributed by atoms with E-state index in [2.05, 4.69) is 10.1 Å². The molecule has 0 N–H and O–H groups in total. The molecule has 5 nitrogen and oxygen atoms in total. The molecule has 19 heavy (non-hydrogen) atoms. The first-order valence-electron chi connectivity index (χ1n) is 6.74. The van der Waals surface area contributed by atoms with Crippen LogP contribution in [0.1, 0.15) is 37.5 Å². The van der Waals surface area contributed by atoms with Gasteiger partial charge in [0.15, 0.2) is 0 Å². The van der Waals surface area contributed by atoms with Gasteiger partial charge in [-0.3, -0.25) is 4.79 Å². The van der Waals surface area contributed by atoms with Crippen LogP contribution in [0.3, 0.4) is 0 Å². The Morgan fingerprint density at radius 1 is 1.47 bits per heavy atom. The summed E-state index contributed by atoms with van der Waals surface area (Å²) < 4.78 is 1.98. The Hall–Kier alpha value is -1.04. The van der Waals surface area contributed by atoms with E-state index in [-0.39, 0.29) is 17.2 Å². The van der Waals surface area contributed by atoms with Gasteiger partial charge in [-0.25, -0.2) is 9.67 Å². The van der Waals surface area contributed by atoms with Gasteiger partial charge in [0.25, 0.3) is 0 Å². The van der Waals surface area contributed by atoms with E-state index in [1.165, 1.54) is 0 Å². The molecule has 1 aromatic heterocycles. The van der Waals surface area contributed by atoms with Crippen molar-refractivity contribution in [3.63, 3.8) is 0 Å². The van der Waals surface area contributed by atoms with E-state index in [9.17, 15) is 4.79 Å². The van der Waals surface area contributed by atoms with E-state index in [1.807, 2.05) is 36.6 Å². The van der Waals surface area contributed by atoms with Crippen molar-refractivity contribution in [1.82, 2.24) is 19.7 Å². The second-order valence-electron chi connectivity index (χ2n) is 5.11. The predicted octanol–water partition coefficient (Wildman–Crippen LogP) is 1.81. The molecule has 0 bridgehead atoms. The van der Waals surface area contributed by atoms with Crippen LogP contribution < -0.4 is 0 Å². The lowest BCUT2D eigenvalue weighted by Crippen LogP contribution is -2.44. The lowest BCUT2D eigenvalue weighted by atomic mass is 10.1. The van der Waals surface area contributed by atoms with Gasteiger partial charge in [-0.15, -0.1) is 0 Å². The topological polar surface area (TPSA) is 51.0 Å². The van der Waals surface area contributed by atoms with Crippen LogP contribution in [0.2, 0.25) is 0 Å². The second kappa shape index (κ2) is 5.94. The maximum Gasteiger partial charge on any atom is 0.235 e. The van der Waals surface area contributed by atoms with Crippen LogP contribution in [0, 0.1) is 13.8 Å². The van der Waals surface area contributed by atoms with Gasteiger partial charge in [0.2, 0.25) is 5.91 Å². The molecule has 0 aliphatic carbocycles. The zero-order chi connectivity index (χ0) is 14.0. The number of nitrogens with zero attached hydrogens (tertiary/aromatic N) is 4. The Kier molecular flexibility index (Phi) is 4.50. The number of rotatable bonds is 3. The minimum Gasteiger partial charge on any atom is -0.340 e. The number of piperidine rings is 1. The van der Waals surface area contributed by atoms with Gasteiger partial charge >= 0.3 is 0 Å². The monoisotopic (exact) mass is 282 g/mol. The number of likely N-dealkylation sites (tertiary alicyclic amines) is 1. The van der Waals surface area contributed by atoms with Crippen molar-refractivity contribution in [1.29, 1.82) is 0 Å². The number of thioether (sulfide) groups is 1. The second-order valence-corrected chi connectivity index (χ2v) is 6.29. The summed E-state index contributed by atoms with van der Waals surface area (Å²) >= 11 is 1.60. The predicted molar refractivity (Wildman–Crippen MR) is 77.3 cm³/mol. The fraction of sp³-hybridized carbons (Fsp3) is 0.769. The highest BCUT2D eigenvalue weighted by atomic mass is 32.2. The summed E-state index contributed by atoms with van der Waals surface area (Å²) in [6, 6.07) is 0.271. The average Bonchev–Trinajstić information content (AvgIpc) is 2.76. The molecule has 1 fully saturated rings. The summed E-state index contributed by atoms with van der Waals surface area (Å²) in [5.41, 5.74) is 0. The molecule has 1 aliphatic heterocycles. The molecule has 0 radical (unpaired) electrons. The Bertz CT molecular complexity index is 459. The van der Waals surface area contributed by atoms with E-state index < -0.39 is 0 Å². The molecule has 2 rings (SSSR count). The average molecular weight is 282 g/mol. The van der Waals surface area contributed by atoms with Gasteiger partial charge in [0, 0.05) is 13.1 Å². The number of amides is 1. The van der Waals surface area contributed by atoms with Crippen molar-refractivity contribution in [3.8, 4) is 0 Å². The fourth-order valence-electron chi connectivity index (χ4n) is 2.59. The number of hydrogen-bond acceptors (Lipinski definition) is 4. The largest absolute Gasteiger partial charge is 0.340 e. The van der Waals surface area contributed by atoms with Gasteiger partial charge in [0.05, 0.1) is 11.3 Å². The normalized spacial score (nSPS) is 21.5. The highest BCUT2D eigenvalue weighted by Crippen LogP contribution is 2.23. The maximum atomic E-state index is 12.3. The molecule has 106 valence electrons. The third-order valence-corrected chi connectivity index (χ3v) is 4.57. The number of aryl methyl sites for hydroxylation is 2. The quantitative estimate of drug-likeness (QED) is 0.848. The first-order valence-corrected chi connectivity index (χ1v) is 8.03. The molecule has 1 aliphatic rings. The van der Waals surface area contributed by atoms with E-state index in [4.69, 9.17) is 0 Å². The Labute approximate surface area is 118 Å². The molecule has 6 heteroatoms. The molecular weight excluding hydrogens is 260 g/mol. The van der Waals surface area contributed by atoms with Crippen molar-refractivity contribution in [3.05, 3.63) is 11.6 Å². The van der Waals surface area contributed by atoms with E-state index in [0.717, 1.165) is 37.6 Å². The summed E-state index contributed by atoms with van der Waals surface area (Å²) in [4.78, 5) is 18.6. The van der Waals surface area contributed by atoms with Crippen molar-refractivity contribution in [2.75, 3.05) is 19.3 Å². The zero-order valence-electron chi connectivity index (χ0n) is 12.1. The number of hydrogen-bond donors (Lipinski definition) is 0. The van der Waals surface area contributed by atoms with Gasteiger partial charge in [-0.2, -0.15) is 16.9 Å². The minimum absolute atomic E-state index is 0.0392. The van der Waals surface area contributed by atoms with Gasteiger partial charge in [-0.05, 0) is 39.9 Å². The van der Waals surface area contributed by atoms with Crippen LogP contribution in [-0.2, 0) is 4.79 Å². The van der Waals surface area contributed by atoms with Crippen LogP contribution in [0.4, 0.5) is 0 Å². The number of carbonyl (C=O) groups is 1. The standard InChI is InChI=1S/C13H22N4OS/c1-9(19-4)13(18)16-7-5-6-12(8-16)17-11(3)14-10(2)15-17/h9,12H,5-8H2,1-4H3/t9-,12-/m1/s1. The van der Waals surface area contributed by atoms with Crippen LogP contribution in [0.5, 0.6) is 0 Å². The Morgan fingerprint density at radius 3 is 2.79 bits per heavy atom. The first-order chi connectivity index (χ1) is 9.02. The summed E-state index contributed by atoms with van der Waals surface area (Å²) in [5, 5.41) is 4.49. The van der Waals surface area contributed by atoms with Gasteiger partial charge < -0.3 is 4.90 Å². The van der Waals surface area contributed by atoms with Crippen LogP contribution in [0.15, 0.2) is 0 Å². The number of carbonyl (C=O) groups excluding carboxylic acids is 1. The molecular formula is C13H22N4OS. The summed E-state index contributed by atoms with van der Waals surface area (Å²) in [6.45, 7) is 7.48. The van der Waals surface area contributed by atoms with Crippen LogP contribution in [0.25, 0.3) is 0 Å². The van der Waals surface area contributed by atoms with E-state index >= 15 is 0 Å². The smallest absolute Gasteiger partial charge is 0.235 e. The lowest BCUT2D eigenvalue weighted by molar-refractivity contribution is -0.132. The lowest BCUT2D eigenvalue weighted by Gasteiger charge is -2.34. The zero-order valence-corrected chi connectivity index (χ0v) is 12.9. The van der Waals surface area contributed by atoms with Gasteiger partial charge in [0.1, 0.15) is 11.6 Å². The highest BCUT2D eigenvalue weighted by Gasteiger charge is 2.28. The molecule has 2 heterocycles. The fourth-order valence-corrected chi connectivity index (χ4v) is 2.95. The Balaban J connectivity index is 2.09. The first kappa shape index (κ1) is 14.4. The molecule has 1 amide bonds. The molecule has 1 saturated heterocycles. The summed E-state index contributed by atoms with van der Waals surface area (Å²) in [7, 11) is 0. The highest BCUT2D eigenvalue weighted by molar-refractivity contribution is 7.99. The molecule has 0 unspecified atom stereocenters. The summed E-state index contributed by atoms with van der Waals surface area (Å²) in [6.07, 6.45) is 4.09. The van der Waals surface area contributed by atoms with Crippen molar-refractivity contribution >= 4 is 17.7 Å². The van der Waals surface area contributed by atoms with E-state index in [0.29, 0.717) is 0 Å². The van der Waals surface area contributed by atoms with Crippen LogP contribution in [-0.4, -0.2) is 50.2 Å². The number of aromatic nitrogens is 3. The van der Waals surface area contributed by atoms with E-state index in [1.54, 1.807) is 11.8 Å². The third kappa shape index (κ3) is 3.11. The minimum atomic E-state index is 0.0392. The van der Waals surface area contributed by atoms with Crippen molar-refractivity contribution < 1.29 is 4.79 Å². The molecule has 0 spiro atoms. The SMILES string of the molecule is CS[C@H](C)C(=O)N1CCC[C@@H](n2nc(C)nc2C)C1. The van der Waals surface area contributed by atoms with Gasteiger partial charge in [-0.1, -0.05) is 0 Å². The third-order valence-electron chi connectivity index (χ3n) is 3.66. The van der Waals surface area contributed by atoms with Crippen LogP contribution >= 0.6 is 11.8 Å². The molecule has 2 atom stereocenters. The molecule has 0 aromatic carbocycles. The molecule has 0 saturated carbocycles. The maximum absolute atomic E-state index is 12.3.